The van der Waals surface area contributed by atoms with Crippen molar-refractivity contribution >= 4 is 11.0 Å². The zero-order valence-corrected chi connectivity index (χ0v) is 9.07. The number of hydrogen-bond donors (Lipinski definition) is 2. The average Bonchev–Trinajstić information content (AvgIpc) is 2.86. The molecule has 0 fully saturated rings. The molecule has 2 heterocycles. The van der Waals surface area contributed by atoms with Crippen molar-refractivity contribution in [1.82, 2.24) is 25.4 Å². The monoisotopic (exact) mass is 213 g/mol. The number of benzene rings is 1. The summed E-state index contributed by atoms with van der Waals surface area (Å²) < 4.78 is 0. The molecule has 80 valence electrons. The van der Waals surface area contributed by atoms with Gasteiger partial charge in [-0.2, -0.15) is 15.4 Å². The summed E-state index contributed by atoms with van der Waals surface area (Å²) in [6, 6.07) is 4.17. The Balaban J connectivity index is 2.23. The van der Waals surface area contributed by atoms with Gasteiger partial charge in [0.05, 0.1) is 17.2 Å². The van der Waals surface area contributed by atoms with Crippen LogP contribution >= 0.6 is 0 Å². The molecule has 0 saturated carbocycles. The molecule has 0 saturated heterocycles. The number of imidazole rings is 1. The Morgan fingerprint density at radius 1 is 1.12 bits per heavy atom. The molecule has 0 radical (unpaired) electrons. The number of aromatic nitrogens is 5. The molecule has 0 atom stereocenters. The Kier molecular flexibility index (Phi) is 1.80. The van der Waals surface area contributed by atoms with Crippen LogP contribution in [0.25, 0.3) is 22.6 Å². The van der Waals surface area contributed by atoms with Gasteiger partial charge in [0, 0.05) is 0 Å². The molecule has 0 bridgehead atoms. The SMILES string of the molecule is Cc1cc2nc(-c3cn[nH]n3)[nH]c2cc1C. The molecule has 0 aliphatic heterocycles. The van der Waals surface area contributed by atoms with Crippen LogP contribution in [0.3, 0.4) is 0 Å². The second-order valence-electron chi connectivity index (χ2n) is 3.89. The summed E-state index contributed by atoms with van der Waals surface area (Å²) >= 11 is 0. The van der Waals surface area contributed by atoms with Gasteiger partial charge in [-0.25, -0.2) is 4.98 Å². The number of nitrogens with zero attached hydrogens (tertiary/aromatic N) is 3. The highest BCUT2D eigenvalue weighted by atomic mass is 15.3. The molecule has 16 heavy (non-hydrogen) atoms. The molecule has 3 rings (SSSR count). The van der Waals surface area contributed by atoms with Crippen molar-refractivity contribution in [1.29, 1.82) is 0 Å². The highest BCUT2D eigenvalue weighted by Crippen LogP contribution is 2.20. The molecule has 0 aliphatic carbocycles. The fourth-order valence-corrected chi connectivity index (χ4v) is 1.71. The van der Waals surface area contributed by atoms with E-state index in [4.69, 9.17) is 0 Å². The van der Waals surface area contributed by atoms with E-state index in [0.29, 0.717) is 0 Å². The normalized spacial score (nSPS) is 11.1. The van der Waals surface area contributed by atoms with E-state index in [1.54, 1.807) is 6.20 Å². The van der Waals surface area contributed by atoms with Gasteiger partial charge in [0.2, 0.25) is 0 Å². The Hall–Kier alpha value is -2.17. The van der Waals surface area contributed by atoms with Gasteiger partial charge in [-0.15, -0.1) is 0 Å². The number of aryl methyl sites for hydroxylation is 2. The van der Waals surface area contributed by atoms with Crippen LogP contribution in [0.4, 0.5) is 0 Å². The number of nitrogens with one attached hydrogen (secondary N) is 2. The fraction of sp³-hybridized carbons (Fsp3) is 0.182. The summed E-state index contributed by atoms with van der Waals surface area (Å²) in [6.45, 7) is 4.17. The third-order valence-corrected chi connectivity index (χ3v) is 2.75. The minimum absolute atomic E-state index is 0.728. The first-order valence-electron chi connectivity index (χ1n) is 5.07. The molecule has 0 aliphatic rings. The zero-order chi connectivity index (χ0) is 11.1. The predicted molar refractivity (Wildman–Crippen MR) is 60.9 cm³/mol. The number of H-pyrrole nitrogens is 2. The molecule has 2 N–H and O–H groups in total. The molecule has 0 amide bonds. The summed E-state index contributed by atoms with van der Waals surface area (Å²) in [6.07, 6.45) is 1.65. The van der Waals surface area contributed by atoms with Crippen LogP contribution in [-0.4, -0.2) is 25.4 Å². The van der Waals surface area contributed by atoms with E-state index in [0.717, 1.165) is 22.6 Å². The minimum Gasteiger partial charge on any atom is -0.337 e. The highest BCUT2D eigenvalue weighted by molar-refractivity contribution is 5.80. The van der Waals surface area contributed by atoms with Crippen LogP contribution in [0.2, 0.25) is 0 Å². The van der Waals surface area contributed by atoms with Gasteiger partial charge in [-0.3, -0.25) is 0 Å². The molecule has 0 unspecified atom stereocenters. The lowest BCUT2D eigenvalue weighted by Crippen LogP contribution is -1.79. The zero-order valence-electron chi connectivity index (χ0n) is 9.07. The van der Waals surface area contributed by atoms with Crippen molar-refractivity contribution in [2.45, 2.75) is 13.8 Å². The molecular weight excluding hydrogens is 202 g/mol. The van der Waals surface area contributed by atoms with Crippen LogP contribution < -0.4 is 0 Å². The quantitative estimate of drug-likeness (QED) is 0.649. The van der Waals surface area contributed by atoms with E-state index in [-0.39, 0.29) is 0 Å². The second-order valence-corrected chi connectivity index (χ2v) is 3.89. The third kappa shape index (κ3) is 1.29. The van der Waals surface area contributed by atoms with Gasteiger partial charge in [0.15, 0.2) is 5.82 Å². The molecule has 2 aromatic heterocycles. The van der Waals surface area contributed by atoms with Crippen molar-refractivity contribution in [3.8, 4) is 11.5 Å². The van der Waals surface area contributed by atoms with Crippen LogP contribution in [0, 0.1) is 13.8 Å². The standard InChI is InChI=1S/C11H11N5/c1-6-3-8-9(4-7(6)2)14-11(13-8)10-5-12-16-15-10/h3-5H,1-2H3,(H,13,14)(H,12,15,16). The van der Waals surface area contributed by atoms with E-state index in [1.165, 1.54) is 11.1 Å². The summed E-state index contributed by atoms with van der Waals surface area (Å²) in [7, 11) is 0. The Bertz CT molecular complexity index is 597. The number of rotatable bonds is 1. The Morgan fingerprint density at radius 3 is 2.69 bits per heavy atom. The lowest BCUT2D eigenvalue weighted by atomic mass is 10.1. The first kappa shape index (κ1) is 9.08. The number of aromatic amines is 2. The topological polar surface area (TPSA) is 70.2 Å². The molecule has 5 heteroatoms. The van der Waals surface area contributed by atoms with Gasteiger partial charge >= 0.3 is 0 Å². The number of hydrogen-bond acceptors (Lipinski definition) is 3. The van der Waals surface area contributed by atoms with Gasteiger partial charge in [0.25, 0.3) is 0 Å². The third-order valence-electron chi connectivity index (χ3n) is 2.75. The van der Waals surface area contributed by atoms with E-state index in [1.807, 2.05) is 0 Å². The first-order chi connectivity index (χ1) is 7.74. The minimum atomic E-state index is 0.728. The Morgan fingerprint density at radius 2 is 1.94 bits per heavy atom. The first-order valence-corrected chi connectivity index (χ1v) is 5.07. The van der Waals surface area contributed by atoms with Crippen LogP contribution in [-0.2, 0) is 0 Å². The van der Waals surface area contributed by atoms with Crippen LogP contribution in [0.15, 0.2) is 18.3 Å². The fourth-order valence-electron chi connectivity index (χ4n) is 1.71. The van der Waals surface area contributed by atoms with Crippen molar-refractivity contribution in [2.75, 3.05) is 0 Å². The maximum atomic E-state index is 4.48. The lowest BCUT2D eigenvalue weighted by Gasteiger charge is -1.97. The largest absolute Gasteiger partial charge is 0.337 e. The molecule has 0 spiro atoms. The summed E-state index contributed by atoms with van der Waals surface area (Å²) in [5.41, 5.74) is 5.21. The van der Waals surface area contributed by atoms with Crippen molar-refractivity contribution in [2.24, 2.45) is 0 Å². The molecule has 5 nitrogen and oxygen atoms in total. The average molecular weight is 213 g/mol. The van der Waals surface area contributed by atoms with Crippen LogP contribution in [0.1, 0.15) is 11.1 Å². The molecule has 1 aromatic carbocycles. The lowest BCUT2D eigenvalue weighted by molar-refractivity contribution is 0.940. The van der Waals surface area contributed by atoms with Gasteiger partial charge in [-0.05, 0) is 37.1 Å². The van der Waals surface area contributed by atoms with Crippen molar-refractivity contribution in [3.05, 3.63) is 29.5 Å². The summed E-state index contributed by atoms with van der Waals surface area (Å²) in [5.74, 6) is 0.744. The van der Waals surface area contributed by atoms with E-state index >= 15 is 0 Å². The van der Waals surface area contributed by atoms with Crippen molar-refractivity contribution in [3.63, 3.8) is 0 Å². The second kappa shape index (κ2) is 3.16. The highest BCUT2D eigenvalue weighted by Gasteiger charge is 2.08. The van der Waals surface area contributed by atoms with E-state index in [2.05, 4.69) is 51.4 Å². The summed E-state index contributed by atoms with van der Waals surface area (Å²) in [4.78, 5) is 7.71. The van der Waals surface area contributed by atoms with Crippen molar-refractivity contribution < 1.29 is 0 Å². The summed E-state index contributed by atoms with van der Waals surface area (Å²) in [5, 5.41) is 10.3. The van der Waals surface area contributed by atoms with E-state index < -0.39 is 0 Å². The Labute approximate surface area is 91.9 Å². The smallest absolute Gasteiger partial charge is 0.160 e. The van der Waals surface area contributed by atoms with Gasteiger partial charge in [0.1, 0.15) is 5.69 Å². The maximum Gasteiger partial charge on any atom is 0.160 e. The number of fused-ring (bicyclic) bond motifs is 1. The van der Waals surface area contributed by atoms with E-state index in [9.17, 15) is 0 Å². The maximum absolute atomic E-state index is 4.48. The van der Waals surface area contributed by atoms with Crippen LogP contribution in [0.5, 0.6) is 0 Å². The van der Waals surface area contributed by atoms with Gasteiger partial charge in [-0.1, -0.05) is 0 Å². The molecular formula is C11H11N5. The predicted octanol–water partition coefficient (Wildman–Crippen LogP) is 1.96. The molecule has 3 aromatic rings. The van der Waals surface area contributed by atoms with Gasteiger partial charge < -0.3 is 4.98 Å².